The van der Waals surface area contributed by atoms with Gasteiger partial charge in [-0.25, -0.2) is 4.98 Å². The maximum absolute atomic E-state index is 11.8. The number of carbonyl (C=O) groups is 2. The zero-order valence-corrected chi connectivity index (χ0v) is 17.8. The van der Waals surface area contributed by atoms with Crippen molar-refractivity contribution in [3.8, 4) is 11.6 Å². The van der Waals surface area contributed by atoms with Gasteiger partial charge in [-0.2, -0.15) is 0 Å². The highest BCUT2D eigenvalue weighted by molar-refractivity contribution is 6.32. The smallest absolute Gasteiger partial charge is 0.224 e. The van der Waals surface area contributed by atoms with Crippen LogP contribution in [0.2, 0.25) is 5.02 Å². The number of amides is 2. The molecule has 2 amide bonds. The monoisotopic (exact) mass is 435 g/mol. The lowest BCUT2D eigenvalue weighted by Gasteiger charge is -2.10. The van der Waals surface area contributed by atoms with Crippen LogP contribution in [0.3, 0.4) is 0 Å². The maximum atomic E-state index is 11.8. The molecule has 154 valence electrons. The van der Waals surface area contributed by atoms with E-state index in [1.807, 2.05) is 25.1 Å². The number of rotatable bonds is 9. The van der Waals surface area contributed by atoms with Gasteiger partial charge in [0.05, 0.1) is 5.02 Å². The highest BCUT2D eigenvalue weighted by Crippen LogP contribution is 2.31. The first-order valence-corrected chi connectivity index (χ1v) is 10.0. The average Bonchev–Trinajstić information content (AvgIpc) is 2.67. The molecule has 0 fully saturated rings. The van der Waals surface area contributed by atoms with Crippen molar-refractivity contribution in [2.24, 2.45) is 0 Å². The number of aromatic nitrogens is 1. The summed E-state index contributed by atoms with van der Waals surface area (Å²) in [5, 5.41) is 5.89. The van der Waals surface area contributed by atoms with Crippen molar-refractivity contribution in [3.05, 3.63) is 53.2 Å². The average molecular weight is 436 g/mol. The summed E-state index contributed by atoms with van der Waals surface area (Å²) in [5.41, 5.74) is 1.46. The van der Waals surface area contributed by atoms with E-state index < -0.39 is 0 Å². The number of carbonyl (C=O) groups excluding carboxylic acids is 2. The second-order valence-electron chi connectivity index (χ2n) is 6.37. The van der Waals surface area contributed by atoms with Gasteiger partial charge in [0.15, 0.2) is 0 Å². The molecule has 0 bridgehead atoms. The van der Waals surface area contributed by atoms with Crippen LogP contribution in [-0.4, -0.2) is 28.7 Å². The van der Waals surface area contributed by atoms with Gasteiger partial charge in [0.1, 0.15) is 5.75 Å². The van der Waals surface area contributed by atoms with Crippen molar-refractivity contribution >= 4 is 46.8 Å². The number of anilines is 1. The predicted octanol–water partition coefficient (Wildman–Crippen LogP) is 5.02. The molecule has 0 aliphatic heterocycles. The number of hydrogen-bond acceptors (Lipinski definition) is 4. The minimum Gasteiger partial charge on any atom is -0.437 e. The lowest BCUT2D eigenvalue weighted by Crippen LogP contribution is -2.28. The SMILES string of the molecule is CC(=O)N[C@@H](C)/C=C/c1ccc(Oc2ccc(NC(=O)CCCCl)cc2Cl)nc1. The summed E-state index contributed by atoms with van der Waals surface area (Å²) in [6, 6.07) is 8.50. The Balaban J connectivity index is 1.96. The number of hydrogen-bond donors (Lipinski definition) is 2. The summed E-state index contributed by atoms with van der Waals surface area (Å²) >= 11 is 11.8. The second kappa shape index (κ2) is 11.4. The Kier molecular flexibility index (Phi) is 8.96. The van der Waals surface area contributed by atoms with E-state index in [1.165, 1.54) is 6.92 Å². The standard InChI is InChI=1S/C21H23Cl2N3O3/c1-14(25-15(2)27)5-6-16-7-10-21(24-13-16)29-19-9-8-17(12-18(19)23)26-20(28)4-3-11-22/h5-10,12-14H,3-4,11H2,1-2H3,(H,25,27)(H,26,28)/b6-5+/t14-/m0/s1. The topological polar surface area (TPSA) is 80.3 Å². The van der Waals surface area contributed by atoms with Crippen LogP contribution >= 0.6 is 23.2 Å². The zero-order valence-electron chi connectivity index (χ0n) is 16.2. The molecule has 0 aliphatic rings. The number of alkyl halides is 1. The van der Waals surface area contributed by atoms with E-state index in [-0.39, 0.29) is 17.9 Å². The first kappa shape index (κ1) is 22.7. The third kappa shape index (κ3) is 8.13. The summed E-state index contributed by atoms with van der Waals surface area (Å²) in [6.45, 7) is 3.36. The van der Waals surface area contributed by atoms with E-state index in [0.717, 1.165) is 5.56 Å². The Labute approximate surface area is 180 Å². The summed E-state index contributed by atoms with van der Waals surface area (Å²) in [4.78, 5) is 27.0. The van der Waals surface area contributed by atoms with Gasteiger partial charge in [-0.1, -0.05) is 23.8 Å². The number of halogens is 2. The third-order valence-electron chi connectivity index (χ3n) is 3.74. The Morgan fingerprint density at radius 2 is 2.07 bits per heavy atom. The van der Waals surface area contributed by atoms with E-state index in [9.17, 15) is 9.59 Å². The Morgan fingerprint density at radius 3 is 2.69 bits per heavy atom. The molecule has 2 N–H and O–H groups in total. The van der Waals surface area contributed by atoms with Gasteiger partial charge in [-0.05, 0) is 43.2 Å². The summed E-state index contributed by atoms with van der Waals surface area (Å²) in [5.74, 6) is 1.06. The van der Waals surface area contributed by atoms with Gasteiger partial charge in [0.25, 0.3) is 0 Å². The molecule has 2 aromatic rings. The largest absolute Gasteiger partial charge is 0.437 e. The molecule has 1 aromatic carbocycles. The van der Waals surface area contributed by atoms with Crippen LogP contribution in [0.5, 0.6) is 11.6 Å². The summed E-state index contributed by atoms with van der Waals surface area (Å²) in [7, 11) is 0. The van der Waals surface area contributed by atoms with Crippen molar-refractivity contribution in [2.75, 3.05) is 11.2 Å². The second-order valence-corrected chi connectivity index (χ2v) is 7.15. The number of nitrogens with one attached hydrogen (secondary N) is 2. The molecule has 1 heterocycles. The van der Waals surface area contributed by atoms with Crippen LogP contribution in [0.1, 0.15) is 32.3 Å². The van der Waals surface area contributed by atoms with Gasteiger partial charge in [0.2, 0.25) is 17.7 Å². The molecule has 2 rings (SSSR count). The number of nitrogens with zero attached hydrogens (tertiary/aromatic N) is 1. The molecule has 1 aromatic heterocycles. The van der Waals surface area contributed by atoms with Crippen molar-refractivity contribution in [1.82, 2.24) is 10.3 Å². The summed E-state index contributed by atoms with van der Waals surface area (Å²) in [6.07, 6.45) is 6.37. The maximum Gasteiger partial charge on any atom is 0.224 e. The van der Waals surface area contributed by atoms with E-state index in [4.69, 9.17) is 27.9 Å². The Morgan fingerprint density at radius 1 is 1.28 bits per heavy atom. The molecular weight excluding hydrogens is 413 g/mol. The van der Waals surface area contributed by atoms with Crippen LogP contribution in [-0.2, 0) is 9.59 Å². The van der Waals surface area contributed by atoms with E-state index in [0.29, 0.717) is 41.1 Å². The minimum atomic E-state index is -0.117. The molecule has 0 saturated carbocycles. The van der Waals surface area contributed by atoms with E-state index in [2.05, 4.69) is 15.6 Å². The van der Waals surface area contributed by atoms with Crippen LogP contribution < -0.4 is 15.4 Å². The van der Waals surface area contributed by atoms with Gasteiger partial charge >= 0.3 is 0 Å². The number of ether oxygens (including phenoxy) is 1. The highest BCUT2D eigenvalue weighted by atomic mass is 35.5. The molecular formula is C21H23Cl2N3O3. The van der Waals surface area contributed by atoms with Gasteiger partial charge in [-0.3, -0.25) is 9.59 Å². The van der Waals surface area contributed by atoms with Crippen molar-refractivity contribution < 1.29 is 14.3 Å². The molecule has 0 saturated heterocycles. The molecule has 6 nitrogen and oxygen atoms in total. The van der Waals surface area contributed by atoms with Gasteiger partial charge < -0.3 is 15.4 Å². The van der Waals surface area contributed by atoms with Crippen LogP contribution in [0.4, 0.5) is 5.69 Å². The minimum absolute atomic E-state index is 0.0730. The number of benzene rings is 1. The van der Waals surface area contributed by atoms with Gasteiger partial charge in [-0.15, -0.1) is 11.6 Å². The van der Waals surface area contributed by atoms with Crippen LogP contribution in [0, 0.1) is 0 Å². The fourth-order valence-electron chi connectivity index (χ4n) is 2.40. The lowest BCUT2D eigenvalue weighted by atomic mass is 10.2. The van der Waals surface area contributed by atoms with E-state index >= 15 is 0 Å². The first-order chi connectivity index (χ1) is 13.9. The van der Waals surface area contributed by atoms with Crippen LogP contribution in [0.25, 0.3) is 6.08 Å². The van der Waals surface area contributed by atoms with Gasteiger partial charge in [0, 0.05) is 43.2 Å². The summed E-state index contributed by atoms with van der Waals surface area (Å²) < 4.78 is 5.71. The highest BCUT2D eigenvalue weighted by Gasteiger charge is 2.08. The van der Waals surface area contributed by atoms with E-state index in [1.54, 1.807) is 30.5 Å². The zero-order chi connectivity index (χ0) is 21.2. The van der Waals surface area contributed by atoms with Crippen molar-refractivity contribution in [2.45, 2.75) is 32.7 Å². The Bertz CT molecular complexity index is 870. The predicted molar refractivity (Wildman–Crippen MR) is 117 cm³/mol. The molecule has 29 heavy (non-hydrogen) atoms. The first-order valence-electron chi connectivity index (χ1n) is 9.12. The Hall–Kier alpha value is -2.57. The fourth-order valence-corrected chi connectivity index (χ4v) is 2.75. The quantitative estimate of drug-likeness (QED) is 0.541. The van der Waals surface area contributed by atoms with Crippen LogP contribution in [0.15, 0.2) is 42.6 Å². The third-order valence-corrected chi connectivity index (χ3v) is 4.30. The van der Waals surface area contributed by atoms with Crippen molar-refractivity contribution in [1.29, 1.82) is 0 Å². The molecule has 0 unspecified atom stereocenters. The molecule has 8 heteroatoms. The normalized spacial score (nSPS) is 11.9. The molecule has 1 atom stereocenters. The van der Waals surface area contributed by atoms with Crippen molar-refractivity contribution in [3.63, 3.8) is 0 Å². The lowest BCUT2D eigenvalue weighted by molar-refractivity contribution is -0.119. The fraction of sp³-hybridized carbons (Fsp3) is 0.286. The molecule has 0 radical (unpaired) electrons. The molecule has 0 spiro atoms. The molecule has 0 aliphatic carbocycles. The number of pyridine rings is 1.